The molecule has 1 aliphatic rings. The molecule has 0 aromatic carbocycles. The number of likely N-dealkylation sites (N-methyl/N-ethyl adjacent to an activating group) is 1. The van der Waals surface area contributed by atoms with Crippen LogP contribution in [0.1, 0.15) is 27.7 Å². The molecule has 0 bridgehead atoms. The Morgan fingerprint density at radius 2 is 2.00 bits per heavy atom. The maximum Gasteiger partial charge on any atom is 0.241 e. The number of carbonyl (C=O) groups excluding carboxylic acids is 1. The minimum atomic E-state index is -0.0188. The SMILES string of the molecule is CCNC(=O)CN=C(NCC)N1CCSC(C(C)C)C1.I. The van der Waals surface area contributed by atoms with E-state index < -0.39 is 0 Å². The molecule has 1 heterocycles. The van der Waals surface area contributed by atoms with Gasteiger partial charge in [0, 0.05) is 37.2 Å². The molecule has 0 aromatic heterocycles. The van der Waals surface area contributed by atoms with Crippen LogP contribution >= 0.6 is 35.7 Å². The van der Waals surface area contributed by atoms with Crippen molar-refractivity contribution in [3.05, 3.63) is 0 Å². The summed E-state index contributed by atoms with van der Waals surface area (Å²) >= 11 is 2.04. The van der Waals surface area contributed by atoms with Crippen molar-refractivity contribution in [2.24, 2.45) is 10.9 Å². The van der Waals surface area contributed by atoms with Gasteiger partial charge >= 0.3 is 0 Å². The predicted octanol–water partition coefficient (Wildman–Crippen LogP) is 1.78. The van der Waals surface area contributed by atoms with Crippen LogP contribution in [0.5, 0.6) is 0 Å². The number of aliphatic imine (C=N–C) groups is 1. The van der Waals surface area contributed by atoms with Gasteiger partial charge in [-0.25, -0.2) is 4.99 Å². The smallest absolute Gasteiger partial charge is 0.241 e. The lowest BCUT2D eigenvalue weighted by Gasteiger charge is -2.36. The number of nitrogens with one attached hydrogen (secondary N) is 2. The highest BCUT2D eigenvalue weighted by Gasteiger charge is 2.24. The van der Waals surface area contributed by atoms with Crippen molar-refractivity contribution in [1.82, 2.24) is 15.5 Å². The van der Waals surface area contributed by atoms with Crippen LogP contribution in [0.15, 0.2) is 4.99 Å². The minimum absolute atomic E-state index is 0. The molecule has 2 N–H and O–H groups in total. The third kappa shape index (κ3) is 7.58. The van der Waals surface area contributed by atoms with E-state index in [1.54, 1.807) is 0 Å². The fraction of sp³-hybridized carbons (Fsp3) is 0.857. The molecule has 1 atom stereocenters. The highest BCUT2D eigenvalue weighted by Crippen LogP contribution is 2.24. The van der Waals surface area contributed by atoms with Gasteiger partial charge in [0.05, 0.1) is 0 Å². The third-order valence-corrected chi connectivity index (χ3v) is 4.76. The number of guanidine groups is 1. The molecule has 0 saturated carbocycles. The maximum atomic E-state index is 11.5. The quantitative estimate of drug-likeness (QED) is 0.398. The highest BCUT2D eigenvalue weighted by molar-refractivity contribution is 14.0. The van der Waals surface area contributed by atoms with Gasteiger partial charge in [0.2, 0.25) is 5.91 Å². The summed E-state index contributed by atoms with van der Waals surface area (Å²) in [5.74, 6) is 2.63. The molecule has 124 valence electrons. The summed E-state index contributed by atoms with van der Waals surface area (Å²) in [7, 11) is 0. The summed E-state index contributed by atoms with van der Waals surface area (Å²) < 4.78 is 0. The zero-order chi connectivity index (χ0) is 15.0. The van der Waals surface area contributed by atoms with Gasteiger partial charge in [-0.15, -0.1) is 24.0 Å². The third-order valence-electron chi connectivity index (χ3n) is 3.22. The fourth-order valence-corrected chi connectivity index (χ4v) is 3.40. The van der Waals surface area contributed by atoms with Crippen LogP contribution in [-0.2, 0) is 4.79 Å². The van der Waals surface area contributed by atoms with Crippen LogP contribution in [-0.4, -0.2) is 60.5 Å². The Bertz CT molecular complexity index is 339. The molecule has 5 nitrogen and oxygen atoms in total. The van der Waals surface area contributed by atoms with E-state index in [2.05, 4.69) is 41.3 Å². The summed E-state index contributed by atoms with van der Waals surface area (Å²) in [4.78, 5) is 18.3. The Hall–Kier alpha value is -0.180. The zero-order valence-electron chi connectivity index (χ0n) is 13.5. The summed E-state index contributed by atoms with van der Waals surface area (Å²) in [6, 6.07) is 0. The Morgan fingerprint density at radius 3 is 2.57 bits per heavy atom. The Balaban J connectivity index is 0.00000400. The molecule has 0 spiro atoms. The average molecular weight is 428 g/mol. The molecular formula is C14H29IN4OS. The molecular weight excluding hydrogens is 399 g/mol. The molecule has 1 saturated heterocycles. The Labute approximate surface area is 150 Å². The Kier molecular flexibility index (Phi) is 11.3. The lowest BCUT2D eigenvalue weighted by atomic mass is 10.1. The van der Waals surface area contributed by atoms with E-state index in [1.807, 2.05) is 18.7 Å². The van der Waals surface area contributed by atoms with E-state index in [4.69, 9.17) is 0 Å². The van der Waals surface area contributed by atoms with Gasteiger partial charge in [-0.05, 0) is 19.8 Å². The number of thioether (sulfide) groups is 1. The van der Waals surface area contributed by atoms with E-state index in [0.717, 1.165) is 31.3 Å². The molecule has 1 rings (SSSR count). The van der Waals surface area contributed by atoms with Crippen molar-refractivity contribution < 1.29 is 4.79 Å². The lowest BCUT2D eigenvalue weighted by Crippen LogP contribution is -2.49. The second-order valence-electron chi connectivity index (χ2n) is 5.22. The number of nitrogens with zero attached hydrogens (tertiary/aromatic N) is 2. The summed E-state index contributed by atoms with van der Waals surface area (Å²) in [5.41, 5.74) is 0. The number of rotatable bonds is 5. The van der Waals surface area contributed by atoms with Gasteiger partial charge in [0.25, 0.3) is 0 Å². The van der Waals surface area contributed by atoms with Crippen molar-refractivity contribution in [3.8, 4) is 0 Å². The molecule has 1 fully saturated rings. The van der Waals surface area contributed by atoms with Crippen LogP contribution in [0.3, 0.4) is 0 Å². The van der Waals surface area contributed by atoms with Gasteiger partial charge in [-0.3, -0.25) is 4.79 Å². The van der Waals surface area contributed by atoms with Crippen molar-refractivity contribution in [2.45, 2.75) is 32.9 Å². The molecule has 1 amide bonds. The van der Waals surface area contributed by atoms with Gasteiger partial charge in [0.15, 0.2) is 5.96 Å². The second kappa shape index (κ2) is 11.4. The first-order valence-corrected chi connectivity index (χ1v) is 8.54. The molecule has 7 heteroatoms. The van der Waals surface area contributed by atoms with Crippen LogP contribution in [0.4, 0.5) is 0 Å². The minimum Gasteiger partial charge on any atom is -0.357 e. The van der Waals surface area contributed by atoms with E-state index >= 15 is 0 Å². The van der Waals surface area contributed by atoms with E-state index in [1.165, 1.54) is 0 Å². The molecule has 1 aliphatic heterocycles. The molecule has 0 radical (unpaired) electrons. The first-order chi connectivity index (χ1) is 9.58. The molecule has 0 aromatic rings. The largest absolute Gasteiger partial charge is 0.357 e. The predicted molar refractivity (Wildman–Crippen MR) is 103 cm³/mol. The molecule has 1 unspecified atom stereocenters. The number of amides is 1. The first-order valence-electron chi connectivity index (χ1n) is 7.50. The van der Waals surface area contributed by atoms with Crippen LogP contribution < -0.4 is 10.6 Å². The second-order valence-corrected chi connectivity index (χ2v) is 6.57. The lowest BCUT2D eigenvalue weighted by molar-refractivity contribution is -0.119. The summed E-state index contributed by atoms with van der Waals surface area (Å²) in [6.07, 6.45) is 0. The number of carbonyl (C=O) groups is 1. The van der Waals surface area contributed by atoms with Crippen LogP contribution in [0.25, 0.3) is 0 Å². The first kappa shape index (κ1) is 20.8. The van der Waals surface area contributed by atoms with E-state index in [9.17, 15) is 4.79 Å². The number of hydrogen-bond donors (Lipinski definition) is 2. The van der Waals surface area contributed by atoms with Crippen molar-refractivity contribution in [3.63, 3.8) is 0 Å². The molecule has 21 heavy (non-hydrogen) atoms. The van der Waals surface area contributed by atoms with Gasteiger partial charge in [0.1, 0.15) is 6.54 Å². The normalized spacial score (nSPS) is 19.2. The maximum absolute atomic E-state index is 11.5. The summed E-state index contributed by atoms with van der Waals surface area (Å²) in [5, 5.41) is 6.71. The topological polar surface area (TPSA) is 56.7 Å². The van der Waals surface area contributed by atoms with Crippen molar-refractivity contribution in [2.75, 3.05) is 38.5 Å². The Morgan fingerprint density at radius 1 is 1.33 bits per heavy atom. The number of halogens is 1. The van der Waals surface area contributed by atoms with Crippen molar-refractivity contribution in [1.29, 1.82) is 0 Å². The summed E-state index contributed by atoms with van der Waals surface area (Å²) in [6.45, 7) is 12.2. The van der Waals surface area contributed by atoms with Crippen LogP contribution in [0.2, 0.25) is 0 Å². The van der Waals surface area contributed by atoms with E-state index in [-0.39, 0.29) is 36.4 Å². The fourth-order valence-electron chi connectivity index (χ4n) is 2.10. The highest BCUT2D eigenvalue weighted by atomic mass is 127. The van der Waals surface area contributed by atoms with Gasteiger partial charge in [-0.2, -0.15) is 11.8 Å². The van der Waals surface area contributed by atoms with Crippen molar-refractivity contribution >= 4 is 47.6 Å². The van der Waals surface area contributed by atoms with E-state index in [0.29, 0.717) is 17.7 Å². The number of hydrogen-bond acceptors (Lipinski definition) is 3. The van der Waals surface area contributed by atoms with Gasteiger partial charge < -0.3 is 15.5 Å². The molecule has 0 aliphatic carbocycles. The van der Waals surface area contributed by atoms with Gasteiger partial charge in [-0.1, -0.05) is 13.8 Å². The monoisotopic (exact) mass is 428 g/mol. The average Bonchev–Trinajstić information content (AvgIpc) is 2.44. The zero-order valence-corrected chi connectivity index (χ0v) is 16.7. The van der Waals surface area contributed by atoms with Crippen LogP contribution in [0, 0.1) is 5.92 Å². The standard InChI is InChI=1S/C14H28N4OS.HI/c1-5-15-13(19)9-17-14(16-6-2)18-7-8-20-12(10-18)11(3)4;/h11-12H,5-10H2,1-4H3,(H,15,19)(H,16,17);1H.